The SMILES string of the molecule is C/C=N/NC(=O)c1ccc[n+](C)c1.Cc1ccc(S(=O)(=O)[O-])cc1. The summed E-state index contributed by atoms with van der Waals surface area (Å²) in [5.74, 6) is -0.200. The summed E-state index contributed by atoms with van der Waals surface area (Å²) < 4.78 is 33.0. The number of carbonyl (C=O) groups excluding carboxylic acids is 1. The monoisotopic (exact) mass is 349 g/mol. The highest BCUT2D eigenvalue weighted by Crippen LogP contribution is 2.08. The minimum atomic E-state index is -4.27. The number of pyridine rings is 1. The van der Waals surface area contributed by atoms with Gasteiger partial charge in [-0.15, -0.1) is 0 Å². The van der Waals surface area contributed by atoms with Gasteiger partial charge >= 0.3 is 0 Å². The Bertz CT molecular complexity index is 815. The Hall–Kier alpha value is -2.58. The van der Waals surface area contributed by atoms with E-state index in [2.05, 4.69) is 10.5 Å². The molecule has 0 aliphatic carbocycles. The maximum Gasteiger partial charge on any atom is 0.277 e. The minimum Gasteiger partial charge on any atom is -0.744 e. The van der Waals surface area contributed by atoms with Gasteiger partial charge in [-0.2, -0.15) is 5.10 Å². The summed E-state index contributed by atoms with van der Waals surface area (Å²) in [5.41, 5.74) is 3.91. The highest BCUT2D eigenvalue weighted by molar-refractivity contribution is 7.85. The summed E-state index contributed by atoms with van der Waals surface area (Å²) in [6, 6.07) is 9.33. The molecule has 0 aliphatic heterocycles. The molecule has 0 atom stereocenters. The molecule has 1 aromatic carbocycles. The molecule has 8 heteroatoms. The standard InChI is InChI=1S/C9H11N3O.C7H8O3S/c1-3-10-11-9(13)8-5-4-6-12(2)7-8;1-6-2-4-7(5-3-6)11(8,9)10/h3-7H,1-2H3;2-5H,1H3,(H,8,9,10)/b10-3+;. The number of nitrogens with one attached hydrogen (secondary N) is 1. The predicted molar refractivity (Wildman–Crippen MR) is 88.4 cm³/mol. The Morgan fingerprint density at radius 2 is 1.88 bits per heavy atom. The Kier molecular flexibility index (Phi) is 7.22. The first-order chi connectivity index (χ1) is 11.2. The maximum atomic E-state index is 11.3. The fraction of sp³-hybridized carbons (Fsp3) is 0.188. The molecule has 1 amide bonds. The lowest BCUT2D eigenvalue weighted by Crippen LogP contribution is -2.29. The van der Waals surface area contributed by atoms with Crippen molar-refractivity contribution < 1.29 is 22.3 Å². The second-order valence-corrected chi connectivity index (χ2v) is 6.23. The highest BCUT2D eigenvalue weighted by Gasteiger charge is 2.06. The van der Waals surface area contributed by atoms with Crippen LogP contribution in [0.1, 0.15) is 22.8 Å². The number of carbonyl (C=O) groups is 1. The van der Waals surface area contributed by atoms with Crippen LogP contribution in [-0.4, -0.2) is 25.1 Å². The second kappa shape index (κ2) is 8.90. The molecule has 0 saturated heterocycles. The van der Waals surface area contributed by atoms with E-state index in [1.165, 1.54) is 18.3 Å². The number of hydrogen-bond donors (Lipinski definition) is 1. The van der Waals surface area contributed by atoms with E-state index in [0.29, 0.717) is 5.56 Å². The summed E-state index contributed by atoms with van der Waals surface area (Å²) in [5, 5.41) is 3.64. The van der Waals surface area contributed by atoms with Gasteiger partial charge in [0.2, 0.25) is 0 Å². The summed E-state index contributed by atoms with van der Waals surface area (Å²) in [7, 11) is -2.41. The normalized spacial score (nSPS) is 10.8. The van der Waals surface area contributed by atoms with E-state index in [0.717, 1.165) is 5.56 Å². The molecule has 0 aliphatic rings. The number of aromatic nitrogens is 1. The topological polar surface area (TPSA) is 103 Å². The molecular formula is C16H19N3O4S. The molecule has 24 heavy (non-hydrogen) atoms. The molecule has 0 bridgehead atoms. The van der Waals surface area contributed by atoms with Crippen LogP contribution >= 0.6 is 0 Å². The Balaban J connectivity index is 0.000000243. The fourth-order valence-electron chi connectivity index (χ4n) is 1.61. The van der Waals surface area contributed by atoms with Gasteiger partial charge in [0.1, 0.15) is 22.7 Å². The zero-order valence-corrected chi connectivity index (χ0v) is 14.4. The molecule has 0 radical (unpaired) electrons. The van der Waals surface area contributed by atoms with Crippen molar-refractivity contribution in [2.45, 2.75) is 18.7 Å². The molecule has 128 valence electrons. The minimum absolute atomic E-state index is 0.178. The molecular weight excluding hydrogens is 330 g/mol. The lowest BCUT2D eigenvalue weighted by Gasteiger charge is -2.05. The molecule has 1 aromatic heterocycles. The molecule has 0 fully saturated rings. The third kappa shape index (κ3) is 6.67. The molecule has 1 N–H and O–H groups in total. The van der Waals surface area contributed by atoms with Crippen LogP contribution in [0.2, 0.25) is 0 Å². The summed E-state index contributed by atoms with van der Waals surface area (Å²) in [4.78, 5) is 11.1. The fourth-order valence-corrected chi connectivity index (χ4v) is 2.08. The van der Waals surface area contributed by atoms with Crippen LogP contribution in [0.15, 0.2) is 58.8 Å². The first-order valence-corrected chi connectivity index (χ1v) is 8.40. The van der Waals surface area contributed by atoms with Crippen LogP contribution in [0.25, 0.3) is 0 Å². The van der Waals surface area contributed by atoms with E-state index in [4.69, 9.17) is 0 Å². The molecule has 0 spiro atoms. The largest absolute Gasteiger partial charge is 0.744 e. The first-order valence-electron chi connectivity index (χ1n) is 7.00. The zero-order chi connectivity index (χ0) is 18.2. The van der Waals surface area contributed by atoms with Gasteiger partial charge in [0, 0.05) is 12.3 Å². The molecule has 0 saturated carbocycles. The van der Waals surface area contributed by atoms with Gasteiger partial charge in [-0.3, -0.25) is 4.79 Å². The number of benzene rings is 1. The highest BCUT2D eigenvalue weighted by atomic mass is 32.2. The van der Waals surface area contributed by atoms with E-state index in [-0.39, 0.29) is 10.8 Å². The van der Waals surface area contributed by atoms with Crippen molar-refractivity contribution in [2.75, 3.05) is 0 Å². The molecule has 7 nitrogen and oxygen atoms in total. The van der Waals surface area contributed by atoms with Crippen molar-refractivity contribution in [2.24, 2.45) is 12.1 Å². The van der Waals surface area contributed by atoms with Gasteiger partial charge in [-0.05, 0) is 32.0 Å². The average molecular weight is 349 g/mol. The Morgan fingerprint density at radius 3 is 2.38 bits per heavy atom. The predicted octanol–water partition coefficient (Wildman–Crippen LogP) is 1.15. The number of nitrogens with zero attached hydrogens (tertiary/aromatic N) is 2. The van der Waals surface area contributed by atoms with Crippen LogP contribution in [0, 0.1) is 6.92 Å². The van der Waals surface area contributed by atoms with Crippen LogP contribution in [0.3, 0.4) is 0 Å². The van der Waals surface area contributed by atoms with Gasteiger partial charge in [0.15, 0.2) is 12.4 Å². The molecule has 2 rings (SSSR count). The van der Waals surface area contributed by atoms with Crippen molar-refractivity contribution >= 4 is 22.2 Å². The van der Waals surface area contributed by atoms with Crippen molar-refractivity contribution in [1.82, 2.24) is 5.43 Å². The van der Waals surface area contributed by atoms with Crippen molar-refractivity contribution in [3.05, 3.63) is 59.9 Å². The second-order valence-electron chi connectivity index (χ2n) is 4.85. The van der Waals surface area contributed by atoms with E-state index >= 15 is 0 Å². The van der Waals surface area contributed by atoms with E-state index in [1.54, 1.807) is 31.3 Å². The van der Waals surface area contributed by atoms with E-state index in [9.17, 15) is 17.8 Å². The molecule has 0 unspecified atom stereocenters. The van der Waals surface area contributed by atoms with Gasteiger partial charge in [0.05, 0.1) is 4.90 Å². The van der Waals surface area contributed by atoms with Crippen molar-refractivity contribution in [3.63, 3.8) is 0 Å². The summed E-state index contributed by atoms with van der Waals surface area (Å²) in [6.07, 6.45) is 5.13. The Morgan fingerprint density at radius 1 is 1.25 bits per heavy atom. The average Bonchev–Trinajstić information content (AvgIpc) is 2.52. The third-order valence-corrected chi connectivity index (χ3v) is 3.66. The van der Waals surface area contributed by atoms with Crippen LogP contribution in [0.4, 0.5) is 0 Å². The van der Waals surface area contributed by atoms with E-state index < -0.39 is 10.1 Å². The van der Waals surface area contributed by atoms with Crippen LogP contribution < -0.4 is 9.99 Å². The van der Waals surface area contributed by atoms with Gasteiger partial charge < -0.3 is 4.55 Å². The quantitative estimate of drug-likeness (QED) is 0.388. The number of rotatable bonds is 3. The summed E-state index contributed by atoms with van der Waals surface area (Å²) >= 11 is 0. The maximum absolute atomic E-state index is 11.3. The van der Waals surface area contributed by atoms with Gasteiger partial charge in [-0.25, -0.2) is 18.4 Å². The Labute approximate surface area is 141 Å². The van der Waals surface area contributed by atoms with Crippen LogP contribution in [-0.2, 0) is 17.2 Å². The summed E-state index contributed by atoms with van der Waals surface area (Å²) in [6.45, 7) is 3.56. The first kappa shape index (κ1) is 19.5. The zero-order valence-electron chi connectivity index (χ0n) is 13.6. The smallest absolute Gasteiger partial charge is 0.277 e. The van der Waals surface area contributed by atoms with Crippen molar-refractivity contribution in [1.29, 1.82) is 0 Å². The lowest BCUT2D eigenvalue weighted by atomic mass is 10.2. The van der Waals surface area contributed by atoms with Gasteiger partial charge in [-0.1, -0.05) is 17.7 Å². The van der Waals surface area contributed by atoms with Gasteiger partial charge in [0.25, 0.3) is 5.91 Å². The van der Waals surface area contributed by atoms with Crippen molar-refractivity contribution in [3.8, 4) is 0 Å². The van der Waals surface area contributed by atoms with E-state index in [1.807, 2.05) is 30.8 Å². The lowest BCUT2D eigenvalue weighted by molar-refractivity contribution is -0.671. The third-order valence-electron chi connectivity index (χ3n) is 2.81. The molecule has 2 aromatic rings. The number of aryl methyl sites for hydroxylation is 2. The van der Waals surface area contributed by atoms with Crippen LogP contribution in [0.5, 0.6) is 0 Å². The molecule has 1 heterocycles. The number of hydrogen-bond acceptors (Lipinski definition) is 5. The number of amides is 1. The number of hydrazone groups is 1.